The monoisotopic (exact) mass is 218 g/mol. The molecule has 0 saturated heterocycles. The van der Waals surface area contributed by atoms with Crippen LogP contribution in [0.3, 0.4) is 0 Å². The number of nitrogens with zero attached hydrogens (tertiary/aromatic N) is 4. The summed E-state index contributed by atoms with van der Waals surface area (Å²) in [6.07, 6.45) is 4.84. The number of hydrogen-bond donors (Lipinski definition) is 1. The molecule has 16 heavy (non-hydrogen) atoms. The average Bonchev–Trinajstić information content (AvgIpc) is 2.65. The molecule has 2 aromatic heterocycles. The van der Waals surface area contributed by atoms with Crippen LogP contribution in [0.4, 0.5) is 0 Å². The normalized spacial score (nSPS) is 10.3. The van der Waals surface area contributed by atoms with Crippen molar-refractivity contribution in [2.24, 2.45) is 0 Å². The van der Waals surface area contributed by atoms with E-state index in [-0.39, 0.29) is 6.42 Å². The van der Waals surface area contributed by atoms with Crippen LogP contribution in [0.1, 0.15) is 11.3 Å². The highest BCUT2D eigenvalue weighted by Gasteiger charge is 2.06. The second-order valence-electron chi connectivity index (χ2n) is 3.45. The minimum Gasteiger partial charge on any atom is -0.481 e. The van der Waals surface area contributed by atoms with Crippen molar-refractivity contribution in [3.63, 3.8) is 0 Å². The van der Waals surface area contributed by atoms with Crippen LogP contribution >= 0.6 is 0 Å². The summed E-state index contributed by atoms with van der Waals surface area (Å²) in [6, 6.07) is 1.90. The number of hydrogen-bond acceptors (Lipinski definition) is 4. The van der Waals surface area contributed by atoms with Gasteiger partial charge in [-0.1, -0.05) is 5.21 Å². The van der Waals surface area contributed by atoms with E-state index < -0.39 is 5.97 Å². The van der Waals surface area contributed by atoms with Gasteiger partial charge in [0.25, 0.3) is 0 Å². The Hall–Kier alpha value is -2.24. The van der Waals surface area contributed by atoms with Crippen molar-refractivity contribution in [1.29, 1.82) is 0 Å². The molecule has 1 N–H and O–H groups in total. The standard InChI is InChI=1S/C10H10N4O2/c1-7-2-9(5-11-4-7)14-6-8(12-13-14)3-10(15)16/h2,4-6H,3H2,1H3,(H,15,16). The molecule has 0 unspecified atom stereocenters. The summed E-state index contributed by atoms with van der Waals surface area (Å²) in [5.74, 6) is -0.922. The first-order chi connectivity index (χ1) is 7.65. The van der Waals surface area contributed by atoms with Crippen molar-refractivity contribution in [2.75, 3.05) is 0 Å². The molecule has 0 aliphatic carbocycles. The van der Waals surface area contributed by atoms with Crippen molar-refractivity contribution in [2.45, 2.75) is 13.3 Å². The molecule has 2 heterocycles. The van der Waals surface area contributed by atoms with E-state index in [4.69, 9.17) is 5.11 Å². The Balaban J connectivity index is 2.28. The maximum atomic E-state index is 10.5. The summed E-state index contributed by atoms with van der Waals surface area (Å²) in [6.45, 7) is 1.92. The molecule has 82 valence electrons. The Bertz CT molecular complexity index is 521. The van der Waals surface area contributed by atoms with E-state index in [1.54, 1.807) is 18.6 Å². The lowest BCUT2D eigenvalue weighted by Gasteiger charge is -1.99. The molecule has 0 radical (unpaired) electrons. The van der Waals surface area contributed by atoms with Crippen molar-refractivity contribution < 1.29 is 9.90 Å². The van der Waals surface area contributed by atoms with Crippen LogP contribution in [-0.2, 0) is 11.2 Å². The summed E-state index contributed by atoms with van der Waals surface area (Å²) < 4.78 is 1.51. The Labute approximate surface area is 91.6 Å². The highest BCUT2D eigenvalue weighted by molar-refractivity contribution is 5.69. The van der Waals surface area contributed by atoms with Gasteiger partial charge in [-0.2, -0.15) is 0 Å². The quantitative estimate of drug-likeness (QED) is 0.815. The van der Waals surface area contributed by atoms with E-state index in [1.165, 1.54) is 4.68 Å². The van der Waals surface area contributed by atoms with Crippen molar-refractivity contribution in [3.05, 3.63) is 35.9 Å². The van der Waals surface area contributed by atoms with Gasteiger partial charge in [-0.15, -0.1) is 5.10 Å². The van der Waals surface area contributed by atoms with Crippen LogP contribution in [0.5, 0.6) is 0 Å². The predicted octanol–water partition coefficient (Wildman–Crippen LogP) is 0.598. The van der Waals surface area contributed by atoms with Gasteiger partial charge < -0.3 is 5.11 Å². The van der Waals surface area contributed by atoms with Gasteiger partial charge in [-0.25, -0.2) is 4.68 Å². The third-order valence-electron chi connectivity index (χ3n) is 2.00. The van der Waals surface area contributed by atoms with E-state index in [1.807, 2.05) is 13.0 Å². The first kappa shape index (κ1) is 10.3. The Morgan fingerprint density at radius 3 is 3.00 bits per heavy atom. The van der Waals surface area contributed by atoms with E-state index in [9.17, 15) is 4.79 Å². The molecular weight excluding hydrogens is 208 g/mol. The Kier molecular flexibility index (Phi) is 2.63. The van der Waals surface area contributed by atoms with E-state index in [0.717, 1.165) is 11.3 Å². The summed E-state index contributed by atoms with van der Waals surface area (Å²) in [4.78, 5) is 14.5. The second kappa shape index (κ2) is 4.09. The molecule has 0 saturated carbocycles. The molecule has 0 spiro atoms. The number of rotatable bonds is 3. The highest BCUT2D eigenvalue weighted by Crippen LogP contribution is 2.07. The predicted molar refractivity (Wildman–Crippen MR) is 55.2 cm³/mol. The van der Waals surface area contributed by atoms with Crippen molar-refractivity contribution >= 4 is 5.97 Å². The maximum absolute atomic E-state index is 10.5. The minimum atomic E-state index is -0.922. The van der Waals surface area contributed by atoms with E-state index >= 15 is 0 Å². The zero-order chi connectivity index (χ0) is 11.5. The van der Waals surface area contributed by atoms with Gasteiger partial charge in [-0.05, 0) is 18.6 Å². The first-order valence-electron chi connectivity index (χ1n) is 4.70. The van der Waals surface area contributed by atoms with Gasteiger partial charge >= 0.3 is 5.97 Å². The summed E-state index contributed by atoms with van der Waals surface area (Å²) >= 11 is 0. The lowest BCUT2D eigenvalue weighted by Crippen LogP contribution is -2.00. The summed E-state index contributed by atoms with van der Waals surface area (Å²) in [7, 11) is 0. The smallest absolute Gasteiger partial charge is 0.309 e. The molecule has 2 rings (SSSR count). The van der Waals surface area contributed by atoms with Crippen molar-refractivity contribution in [3.8, 4) is 5.69 Å². The van der Waals surface area contributed by atoms with E-state index in [2.05, 4.69) is 15.3 Å². The fourth-order valence-electron chi connectivity index (χ4n) is 1.32. The van der Waals surface area contributed by atoms with E-state index in [0.29, 0.717) is 5.69 Å². The molecule has 0 fully saturated rings. The molecule has 0 aliphatic heterocycles. The zero-order valence-electron chi connectivity index (χ0n) is 8.66. The molecule has 6 nitrogen and oxygen atoms in total. The van der Waals surface area contributed by atoms with Gasteiger partial charge in [0.2, 0.25) is 0 Å². The molecule has 0 aromatic carbocycles. The number of carbonyl (C=O) groups is 1. The highest BCUT2D eigenvalue weighted by atomic mass is 16.4. The third-order valence-corrected chi connectivity index (χ3v) is 2.00. The number of carboxylic acid groups (broad SMARTS) is 1. The number of pyridine rings is 1. The SMILES string of the molecule is Cc1cncc(-n2cc(CC(=O)O)nn2)c1. The third kappa shape index (κ3) is 2.22. The Morgan fingerprint density at radius 2 is 2.31 bits per heavy atom. The lowest BCUT2D eigenvalue weighted by molar-refractivity contribution is -0.136. The number of aliphatic carboxylic acids is 1. The van der Waals surface area contributed by atoms with Gasteiger partial charge in [0, 0.05) is 6.20 Å². The number of aryl methyl sites for hydroxylation is 1. The van der Waals surface area contributed by atoms with Crippen LogP contribution in [0, 0.1) is 6.92 Å². The molecule has 2 aromatic rings. The minimum absolute atomic E-state index is 0.126. The summed E-state index contributed by atoms with van der Waals surface area (Å²) in [5, 5.41) is 16.2. The number of carboxylic acids is 1. The molecule has 0 aliphatic rings. The largest absolute Gasteiger partial charge is 0.481 e. The number of aromatic nitrogens is 4. The lowest BCUT2D eigenvalue weighted by atomic mass is 10.3. The van der Waals surface area contributed by atoms with Crippen molar-refractivity contribution in [1.82, 2.24) is 20.0 Å². The fraction of sp³-hybridized carbons (Fsp3) is 0.200. The van der Waals surface area contributed by atoms with Crippen LogP contribution in [0.25, 0.3) is 5.69 Å². The van der Waals surface area contributed by atoms with Crippen LogP contribution < -0.4 is 0 Å². The molecule has 0 bridgehead atoms. The average molecular weight is 218 g/mol. The van der Waals surface area contributed by atoms with Gasteiger partial charge in [0.15, 0.2) is 0 Å². The second-order valence-corrected chi connectivity index (χ2v) is 3.45. The fourth-order valence-corrected chi connectivity index (χ4v) is 1.32. The Morgan fingerprint density at radius 1 is 1.50 bits per heavy atom. The van der Waals surface area contributed by atoms with Gasteiger partial charge in [0.05, 0.1) is 30.2 Å². The van der Waals surface area contributed by atoms with Crippen LogP contribution in [0.15, 0.2) is 24.7 Å². The molecule has 0 atom stereocenters. The first-order valence-corrected chi connectivity index (χ1v) is 4.70. The molecular formula is C10H10N4O2. The van der Waals surface area contributed by atoms with Gasteiger partial charge in [-0.3, -0.25) is 9.78 Å². The summed E-state index contributed by atoms with van der Waals surface area (Å²) in [5.41, 5.74) is 2.20. The van der Waals surface area contributed by atoms with Gasteiger partial charge in [0.1, 0.15) is 0 Å². The molecule has 6 heteroatoms. The molecule has 0 amide bonds. The maximum Gasteiger partial charge on any atom is 0.309 e. The zero-order valence-corrected chi connectivity index (χ0v) is 8.66. The topological polar surface area (TPSA) is 80.9 Å². The van der Waals surface area contributed by atoms with Crippen LogP contribution in [0.2, 0.25) is 0 Å². The van der Waals surface area contributed by atoms with Crippen LogP contribution in [-0.4, -0.2) is 31.1 Å².